The van der Waals surface area contributed by atoms with Crippen LogP contribution in [0.25, 0.3) is 0 Å². The molecule has 1 saturated heterocycles. The SMILES string of the molecule is COCOCC1CNCCC1O. The molecule has 0 aromatic carbocycles. The molecular formula is C8H17NO3. The molecule has 1 aliphatic rings. The molecule has 1 heterocycles. The van der Waals surface area contributed by atoms with Gasteiger partial charge in [-0.2, -0.15) is 0 Å². The molecule has 2 unspecified atom stereocenters. The quantitative estimate of drug-likeness (QED) is 0.450. The summed E-state index contributed by atoms with van der Waals surface area (Å²) in [6, 6.07) is 0. The Bertz CT molecular complexity index is 121. The van der Waals surface area contributed by atoms with Crippen LogP contribution in [0.5, 0.6) is 0 Å². The van der Waals surface area contributed by atoms with E-state index in [2.05, 4.69) is 5.32 Å². The zero-order valence-electron chi connectivity index (χ0n) is 7.45. The first kappa shape index (κ1) is 9.92. The second-order valence-electron chi connectivity index (χ2n) is 3.10. The highest BCUT2D eigenvalue weighted by molar-refractivity contribution is 4.76. The maximum Gasteiger partial charge on any atom is 0.146 e. The maximum atomic E-state index is 9.51. The highest BCUT2D eigenvalue weighted by Gasteiger charge is 2.22. The van der Waals surface area contributed by atoms with Crippen LogP contribution < -0.4 is 5.32 Å². The number of rotatable bonds is 4. The fraction of sp³-hybridized carbons (Fsp3) is 1.00. The van der Waals surface area contributed by atoms with Gasteiger partial charge in [-0.05, 0) is 13.0 Å². The lowest BCUT2D eigenvalue weighted by Gasteiger charge is -2.27. The van der Waals surface area contributed by atoms with E-state index in [0.717, 1.165) is 19.5 Å². The normalized spacial score (nSPS) is 30.5. The van der Waals surface area contributed by atoms with Gasteiger partial charge in [0, 0.05) is 19.6 Å². The Balaban J connectivity index is 2.11. The average molecular weight is 175 g/mol. The first-order valence-corrected chi connectivity index (χ1v) is 4.30. The lowest BCUT2D eigenvalue weighted by Crippen LogP contribution is -2.42. The van der Waals surface area contributed by atoms with E-state index >= 15 is 0 Å². The minimum Gasteiger partial charge on any atom is -0.393 e. The predicted octanol–water partition coefficient (Wildman–Crippen LogP) is -0.423. The number of ether oxygens (including phenoxy) is 2. The van der Waals surface area contributed by atoms with Crippen LogP contribution >= 0.6 is 0 Å². The van der Waals surface area contributed by atoms with Crippen LogP contribution in [0, 0.1) is 5.92 Å². The van der Waals surface area contributed by atoms with Crippen molar-refractivity contribution >= 4 is 0 Å². The monoisotopic (exact) mass is 175 g/mol. The zero-order valence-corrected chi connectivity index (χ0v) is 7.45. The third kappa shape index (κ3) is 3.06. The van der Waals surface area contributed by atoms with Gasteiger partial charge in [0.2, 0.25) is 0 Å². The molecule has 2 atom stereocenters. The van der Waals surface area contributed by atoms with Gasteiger partial charge in [-0.15, -0.1) is 0 Å². The Labute approximate surface area is 72.9 Å². The number of methoxy groups -OCH3 is 1. The highest BCUT2D eigenvalue weighted by Crippen LogP contribution is 2.11. The molecule has 72 valence electrons. The summed E-state index contributed by atoms with van der Waals surface area (Å²) in [7, 11) is 1.59. The Hall–Kier alpha value is -0.160. The Morgan fingerprint density at radius 1 is 1.58 bits per heavy atom. The van der Waals surface area contributed by atoms with E-state index in [1.807, 2.05) is 0 Å². The molecule has 2 N–H and O–H groups in total. The molecule has 0 aliphatic carbocycles. The third-order valence-corrected chi connectivity index (χ3v) is 2.10. The number of nitrogens with one attached hydrogen (secondary N) is 1. The molecule has 0 amide bonds. The van der Waals surface area contributed by atoms with Gasteiger partial charge >= 0.3 is 0 Å². The minimum absolute atomic E-state index is 0.217. The van der Waals surface area contributed by atoms with Crippen molar-refractivity contribution in [3.63, 3.8) is 0 Å². The van der Waals surface area contributed by atoms with Crippen LogP contribution in [-0.4, -0.2) is 44.8 Å². The summed E-state index contributed by atoms with van der Waals surface area (Å²) < 4.78 is 9.91. The van der Waals surface area contributed by atoms with Crippen LogP contribution in [-0.2, 0) is 9.47 Å². The molecule has 0 aromatic rings. The van der Waals surface area contributed by atoms with Crippen LogP contribution in [0.1, 0.15) is 6.42 Å². The molecule has 1 rings (SSSR count). The zero-order chi connectivity index (χ0) is 8.81. The molecular weight excluding hydrogens is 158 g/mol. The molecule has 0 aromatic heterocycles. The van der Waals surface area contributed by atoms with Crippen molar-refractivity contribution in [3.8, 4) is 0 Å². The summed E-state index contributed by atoms with van der Waals surface area (Å²) in [6.07, 6.45) is 0.601. The molecule has 0 bridgehead atoms. The van der Waals surface area contributed by atoms with E-state index in [1.165, 1.54) is 0 Å². The largest absolute Gasteiger partial charge is 0.393 e. The minimum atomic E-state index is -0.219. The summed E-state index contributed by atoms with van der Waals surface area (Å²) in [5, 5.41) is 12.7. The summed E-state index contributed by atoms with van der Waals surface area (Å²) in [6.45, 7) is 2.62. The van der Waals surface area contributed by atoms with Gasteiger partial charge in [0.25, 0.3) is 0 Å². The number of hydrogen-bond donors (Lipinski definition) is 2. The Morgan fingerprint density at radius 3 is 3.08 bits per heavy atom. The molecule has 0 radical (unpaired) electrons. The van der Waals surface area contributed by atoms with Gasteiger partial charge in [-0.25, -0.2) is 0 Å². The van der Waals surface area contributed by atoms with Crippen molar-refractivity contribution < 1.29 is 14.6 Å². The fourth-order valence-corrected chi connectivity index (χ4v) is 1.36. The second kappa shape index (κ2) is 5.48. The summed E-state index contributed by atoms with van der Waals surface area (Å²) in [4.78, 5) is 0. The molecule has 0 saturated carbocycles. The van der Waals surface area contributed by atoms with E-state index in [9.17, 15) is 5.11 Å². The van der Waals surface area contributed by atoms with Crippen molar-refractivity contribution in [1.82, 2.24) is 5.32 Å². The lowest BCUT2D eigenvalue weighted by atomic mass is 9.97. The fourth-order valence-electron chi connectivity index (χ4n) is 1.36. The standard InChI is InChI=1S/C8H17NO3/c1-11-6-12-5-7-4-9-3-2-8(7)10/h7-10H,2-6H2,1H3. The number of aliphatic hydroxyl groups is 1. The molecule has 1 aliphatic heterocycles. The predicted molar refractivity (Wildman–Crippen MR) is 44.8 cm³/mol. The van der Waals surface area contributed by atoms with Gasteiger partial charge in [-0.3, -0.25) is 0 Å². The topological polar surface area (TPSA) is 50.7 Å². The van der Waals surface area contributed by atoms with Gasteiger partial charge in [0.05, 0.1) is 12.7 Å². The Morgan fingerprint density at radius 2 is 2.42 bits per heavy atom. The van der Waals surface area contributed by atoms with E-state index in [1.54, 1.807) is 7.11 Å². The number of aliphatic hydroxyl groups excluding tert-OH is 1. The molecule has 1 fully saturated rings. The van der Waals surface area contributed by atoms with E-state index in [0.29, 0.717) is 13.4 Å². The van der Waals surface area contributed by atoms with Gasteiger partial charge in [0.15, 0.2) is 0 Å². The van der Waals surface area contributed by atoms with Crippen molar-refractivity contribution in [2.24, 2.45) is 5.92 Å². The first-order valence-electron chi connectivity index (χ1n) is 4.30. The van der Waals surface area contributed by atoms with E-state index < -0.39 is 0 Å². The summed E-state index contributed by atoms with van der Waals surface area (Å²) in [5.74, 6) is 0.217. The van der Waals surface area contributed by atoms with Crippen LogP contribution in [0.4, 0.5) is 0 Å². The van der Waals surface area contributed by atoms with Crippen molar-refractivity contribution in [2.75, 3.05) is 33.6 Å². The lowest BCUT2D eigenvalue weighted by molar-refractivity contribution is -0.0647. The van der Waals surface area contributed by atoms with Crippen molar-refractivity contribution in [2.45, 2.75) is 12.5 Å². The third-order valence-electron chi connectivity index (χ3n) is 2.10. The number of hydrogen-bond acceptors (Lipinski definition) is 4. The van der Waals surface area contributed by atoms with E-state index in [-0.39, 0.29) is 12.0 Å². The van der Waals surface area contributed by atoms with Crippen molar-refractivity contribution in [3.05, 3.63) is 0 Å². The van der Waals surface area contributed by atoms with Crippen LogP contribution in [0.2, 0.25) is 0 Å². The summed E-state index contributed by atoms with van der Waals surface area (Å²) >= 11 is 0. The smallest absolute Gasteiger partial charge is 0.146 e. The van der Waals surface area contributed by atoms with E-state index in [4.69, 9.17) is 9.47 Å². The molecule has 4 nitrogen and oxygen atoms in total. The number of piperidine rings is 1. The summed E-state index contributed by atoms with van der Waals surface area (Å²) in [5.41, 5.74) is 0. The molecule has 0 spiro atoms. The maximum absolute atomic E-state index is 9.51. The van der Waals surface area contributed by atoms with Gasteiger partial charge in [0.1, 0.15) is 6.79 Å². The molecule has 12 heavy (non-hydrogen) atoms. The van der Waals surface area contributed by atoms with Crippen molar-refractivity contribution in [1.29, 1.82) is 0 Å². The average Bonchev–Trinajstić information content (AvgIpc) is 2.09. The second-order valence-corrected chi connectivity index (χ2v) is 3.10. The highest BCUT2D eigenvalue weighted by atomic mass is 16.7. The van der Waals surface area contributed by atoms with Gasteiger partial charge < -0.3 is 19.9 Å². The van der Waals surface area contributed by atoms with Crippen LogP contribution in [0.3, 0.4) is 0 Å². The first-order chi connectivity index (χ1) is 5.84. The molecule has 4 heteroatoms. The van der Waals surface area contributed by atoms with Crippen LogP contribution in [0.15, 0.2) is 0 Å². The Kier molecular flexibility index (Phi) is 4.53. The van der Waals surface area contributed by atoms with Gasteiger partial charge in [-0.1, -0.05) is 0 Å².